The molecule has 0 fully saturated rings. The molecule has 0 atom stereocenters. The average Bonchev–Trinajstić information content (AvgIpc) is 2.22. The van der Waals surface area contributed by atoms with Gasteiger partial charge in [0.25, 0.3) is 0 Å². The van der Waals surface area contributed by atoms with Crippen molar-refractivity contribution in [3.8, 4) is 18.1 Å². The van der Waals surface area contributed by atoms with Crippen LogP contribution < -0.4 is 5.32 Å². The smallest absolute Gasteiger partial charge is 0.225 e. The molecule has 0 aromatic heterocycles. The van der Waals surface area contributed by atoms with Gasteiger partial charge >= 0.3 is 0 Å². The third-order valence-electron chi connectivity index (χ3n) is 2.08. The van der Waals surface area contributed by atoms with E-state index in [-0.39, 0.29) is 11.7 Å². The van der Waals surface area contributed by atoms with E-state index in [9.17, 15) is 9.90 Å². The number of amides is 1. The van der Waals surface area contributed by atoms with Crippen LogP contribution in [0.25, 0.3) is 0 Å². The molecule has 15 heavy (non-hydrogen) atoms. The highest BCUT2D eigenvalue weighted by Crippen LogP contribution is 2.23. The van der Waals surface area contributed by atoms with Gasteiger partial charge in [0.05, 0.1) is 0 Å². The summed E-state index contributed by atoms with van der Waals surface area (Å²) in [6, 6.07) is 4.99. The van der Waals surface area contributed by atoms with Crippen LogP contribution in [0, 0.1) is 19.3 Å². The van der Waals surface area contributed by atoms with Crippen LogP contribution in [0.5, 0.6) is 5.75 Å². The Morgan fingerprint density at radius 1 is 1.60 bits per heavy atom. The van der Waals surface area contributed by atoms with Crippen molar-refractivity contribution in [1.29, 1.82) is 0 Å². The number of hydrogen-bond acceptors (Lipinski definition) is 2. The van der Waals surface area contributed by atoms with E-state index < -0.39 is 0 Å². The third kappa shape index (κ3) is 3.03. The zero-order valence-electron chi connectivity index (χ0n) is 8.58. The minimum Gasteiger partial charge on any atom is -0.508 e. The van der Waals surface area contributed by atoms with Crippen LogP contribution in [0.15, 0.2) is 18.2 Å². The maximum atomic E-state index is 11.3. The lowest BCUT2D eigenvalue weighted by atomic mass is 10.1. The predicted molar refractivity (Wildman–Crippen MR) is 59.5 cm³/mol. The van der Waals surface area contributed by atoms with E-state index in [0.717, 1.165) is 0 Å². The van der Waals surface area contributed by atoms with Crippen molar-refractivity contribution in [1.82, 2.24) is 0 Å². The highest BCUT2D eigenvalue weighted by atomic mass is 16.3. The summed E-state index contributed by atoms with van der Waals surface area (Å²) in [7, 11) is 0. The molecule has 0 heterocycles. The zero-order valence-corrected chi connectivity index (χ0v) is 8.58. The first kappa shape index (κ1) is 11.1. The Morgan fingerprint density at radius 2 is 2.33 bits per heavy atom. The Hall–Kier alpha value is -1.95. The van der Waals surface area contributed by atoms with Gasteiger partial charge in [0.2, 0.25) is 5.91 Å². The maximum absolute atomic E-state index is 11.3. The molecular formula is C12H13NO2. The van der Waals surface area contributed by atoms with Crippen molar-refractivity contribution >= 4 is 11.6 Å². The highest BCUT2D eigenvalue weighted by molar-refractivity contribution is 5.91. The second-order valence-corrected chi connectivity index (χ2v) is 3.20. The number of hydrogen-bond donors (Lipinski definition) is 2. The predicted octanol–water partition coefficient (Wildman–Crippen LogP) is 2.05. The minimum absolute atomic E-state index is 0.137. The molecule has 0 bridgehead atoms. The normalized spacial score (nSPS) is 9.33. The summed E-state index contributed by atoms with van der Waals surface area (Å²) in [6.45, 7) is 1.74. The quantitative estimate of drug-likeness (QED) is 0.739. The fourth-order valence-corrected chi connectivity index (χ4v) is 1.16. The topological polar surface area (TPSA) is 49.3 Å². The first-order chi connectivity index (χ1) is 7.15. The van der Waals surface area contributed by atoms with Gasteiger partial charge in [-0.2, -0.15) is 0 Å². The van der Waals surface area contributed by atoms with E-state index in [1.165, 1.54) is 0 Å². The van der Waals surface area contributed by atoms with Gasteiger partial charge in [-0.1, -0.05) is 6.07 Å². The molecule has 0 radical (unpaired) electrons. The van der Waals surface area contributed by atoms with Gasteiger partial charge < -0.3 is 10.4 Å². The Morgan fingerprint density at radius 3 is 3.00 bits per heavy atom. The number of phenols is 1. The van der Waals surface area contributed by atoms with Crippen LogP contribution in [0.3, 0.4) is 0 Å². The summed E-state index contributed by atoms with van der Waals surface area (Å²) in [5, 5.41) is 12.1. The van der Waals surface area contributed by atoms with E-state index in [2.05, 4.69) is 11.2 Å². The number of nitrogens with one attached hydrogen (secondary N) is 1. The summed E-state index contributed by atoms with van der Waals surface area (Å²) in [6.07, 6.45) is 5.77. The van der Waals surface area contributed by atoms with Crippen LogP contribution in [0.1, 0.15) is 18.4 Å². The molecule has 1 aromatic rings. The van der Waals surface area contributed by atoms with E-state index in [1.54, 1.807) is 25.1 Å². The Labute approximate surface area is 89.1 Å². The minimum atomic E-state index is -0.137. The van der Waals surface area contributed by atoms with Gasteiger partial charge in [0, 0.05) is 24.1 Å². The molecule has 0 aliphatic rings. The summed E-state index contributed by atoms with van der Waals surface area (Å²) >= 11 is 0. The summed E-state index contributed by atoms with van der Waals surface area (Å²) < 4.78 is 0. The van der Waals surface area contributed by atoms with Crippen LogP contribution in [0.2, 0.25) is 0 Å². The second-order valence-electron chi connectivity index (χ2n) is 3.20. The van der Waals surface area contributed by atoms with E-state index in [1.807, 2.05) is 0 Å². The lowest BCUT2D eigenvalue weighted by Crippen LogP contribution is -2.11. The molecule has 78 valence electrons. The zero-order chi connectivity index (χ0) is 11.3. The lowest BCUT2D eigenvalue weighted by molar-refractivity contribution is -0.116. The van der Waals surface area contributed by atoms with E-state index in [0.29, 0.717) is 24.1 Å². The first-order valence-corrected chi connectivity index (χ1v) is 4.67. The van der Waals surface area contributed by atoms with E-state index >= 15 is 0 Å². The first-order valence-electron chi connectivity index (χ1n) is 4.67. The Balaban J connectivity index is 2.69. The fraction of sp³-hybridized carbons (Fsp3) is 0.250. The molecule has 1 amide bonds. The molecule has 1 aromatic carbocycles. The molecule has 0 spiro atoms. The van der Waals surface area contributed by atoms with Gasteiger partial charge in [-0.05, 0) is 19.1 Å². The summed E-state index contributed by atoms with van der Waals surface area (Å²) in [5.41, 5.74) is 1.28. The number of carbonyl (C=O) groups excluding carboxylic acids is 1. The van der Waals surface area contributed by atoms with Gasteiger partial charge in [-0.3, -0.25) is 4.79 Å². The van der Waals surface area contributed by atoms with Crippen molar-refractivity contribution in [2.24, 2.45) is 0 Å². The lowest BCUT2D eigenvalue weighted by Gasteiger charge is -2.08. The monoisotopic (exact) mass is 203 g/mol. The molecule has 3 nitrogen and oxygen atoms in total. The SMILES string of the molecule is C#CCCC(=O)Nc1cccc(O)c1C. The van der Waals surface area contributed by atoms with Crippen LogP contribution in [0.4, 0.5) is 5.69 Å². The Kier molecular flexibility index (Phi) is 3.75. The van der Waals surface area contributed by atoms with Gasteiger partial charge in [0.1, 0.15) is 5.75 Å². The largest absolute Gasteiger partial charge is 0.508 e. The molecule has 1 rings (SSSR count). The fourth-order valence-electron chi connectivity index (χ4n) is 1.16. The van der Waals surface area contributed by atoms with Crippen molar-refractivity contribution in [3.05, 3.63) is 23.8 Å². The number of carbonyl (C=O) groups is 1. The Bertz CT molecular complexity index is 405. The molecule has 2 N–H and O–H groups in total. The summed E-state index contributed by atoms with van der Waals surface area (Å²) in [5.74, 6) is 2.43. The number of phenolic OH excluding ortho intramolecular Hbond substituents is 1. The number of aromatic hydroxyl groups is 1. The standard InChI is InChI=1S/C12H13NO2/c1-3-4-8-12(15)13-10-6-5-7-11(14)9(10)2/h1,5-7,14H,4,8H2,2H3,(H,13,15). The second kappa shape index (κ2) is 5.06. The molecule has 3 heteroatoms. The third-order valence-corrected chi connectivity index (χ3v) is 2.08. The number of benzene rings is 1. The van der Waals surface area contributed by atoms with Crippen molar-refractivity contribution in [2.45, 2.75) is 19.8 Å². The van der Waals surface area contributed by atoms with E-state index in [4.69, 9.17) is 6.42 Å². The number of terminal acetylenes is 1. The molecular weight excluding hydrogens is 190 g/mol. The summed E-state index contributed by atoms with van der Waals surface area (Å²) in [4.78, 5) is 11.3. The molecule has 0 aliphatic heterocycles. The molecule has 0 saturated carbocycles. The number of rotatable bonds is 3. The molecule has 0 unspecified atom stereocenters. The van der Waals surface area contributed by atoms with Crippen molar-refractivity contribution in [3.63, 3.8) is 0 Å². The molecule has 0 saturated heterocycles. The maximum Gasteiger partial charge on any atom is 0.225 e. The van der Waals surface area contributed by atoms with Crippen LogP contribution in [-0.2, 0) is 4.79 Å². The van der Waals surface area contributed by atoms with Gasteiger partial charge in [-0.25, -0.2) is 0 Å². The average molecular weight is 203 g/mol. The highest BCUT2D eigenvalue weighted by Gasteiger charge is 2.05. The van der Waals surface area contributed by atoms with Crippen molar-refractivity contribution < 1.29 is 9.90 Å². The van der Waals surface area contributed by atoms with Gasteiger partial charge in [-0.15, -0.1) is 12.3 Å². The number of anilines is 1. The molecule has 0 aliphatic carbocycles. The van der Waals surface area contributed by atoms with Gasteiger partial charge in [0.15, 0.2) is 0 Å². The van der Waals surface area contributed by atoms with Crippen LogP contribution >= 0.6 is 0 Å². The van der Waals surface area contributed by atoms with Crippen molar-refractivity contribution in [2.75, 3.05) is 5.32 Å². The van der Waals surface area contributed by atoms with Crippen LogP contribution in [-0.4, -0.2) is 11.0 Å².